The Bertz CT molecular complexity index is 401. The van der Waals surface area contributed by atoms with Gasteiger partial charge in [0.2, 0.25) is 0 Å². The van der Waals surface area contributed by atoms with Gasteiger partial charge in [-0.25, -0.2) is 4.98 Å². The molecule has 3 heteroatoms. The van der Waals surface area contributed by atoms with E-state index in [1.54, 1.807) is 0 Å². The maximum absolute atomic E-state index is 4.70. The largest absolute Gasteiger partial charge is 0.353 e. The first-order chi connectivity index (χ1) is 9.38. The van der Waals surface area contributed by atoms with Crippen molar-refractivity contribution in [2.24, 2.45) is 5.92 Å². The second-order valence-corrected chi connectivity index (χ2v) is 5.90. The van der Waals surface area contributed by atoms with Crippen LogP contribution in [0.1, 0.15) is 44.6 Å². The average molecular weight is 259 g/mol. The van der Waals surface area contributed by atoms with Crippen molar-refractivity contribution in [2.75, 3.05) is 18.0 Å². The van der Waals surface area contributed by atoms with Gasteiger partial charge >= 0.3 is 0 Å². The quantitative estimate of drug-likeness (QED) is 0.901. The lowest BCUT2D eigenvalue weighted by molar-refractivity contribution is 0.360. The molecular formula is C16H25N3. The third kappa shape index (κ3) is 2.76. The first kappa shape index (κ1) is 12.9. The fourth-order valence-electron chi connectivity index (χ4n) is 3.70. The summed E-state index contributed by atoms with van der Waals surface area (Å²) in [6.07, 6.45) is 9.01. The second kappa shape index (κ2) is 5.91. The highest BCUT2D eigenvalue weighted by Gasteiger charge is 2.35. The summed E-state index contributed by atoms with van der Waals surface area (Å²) in [5.74, 6) is 2.12. The van der Waals surface area contributed by atoms with Gasteiger partial charge in [-0.15, -0.1) is 0 Å². The number of pyridine rings is 1. The monoisotopic (exact) mass is 259 g/mol. The molecule has 19 heavy (non-hydrogen) atoms. The van der Waals surface area contributed by atoms with Crippen LogP contribution >= 0.6 is 0 Å². The molecule has 1 aromatic rings. The summed E-state index contributed by atoms with van der Waals surface area (Å²) >= 11 is 0. The van der Waals surface area contributed by atoms with Crippen LogP contribution in [-0.2, 0) is 6.54 Å². The molecule has 0 radical (unpaired) electrons. The van der Waals surface area contributed by atoms with Crippen LogP contribution in [0.4, 0.5) is 5.82 Å². The number of nitrogens with one attached hydrogen (secondary N) is 1. The predicted molar refractivity (Wildman–Crippen MR) is 79.3 cm³/mol. The smallest absolute Gasteiger partial charge is 0.128 e. The number of rotatable bonds is 4. The van der Waals surface area contributed by atoms with Gasteiger partial charge in [-0.05, 0) is 49.8 Å². The molecule has 3 nitrogen and oxygen atoms in total. The zero-order valence-corrected chi connectivity index (χ0v) is 11.9. The van der Waals surface area contributed by atoms with Crippen LogP contribution in [0.3, 0.4) is 0 Å². The highest BCUT2D eigenvalue weighted by Crippen LogP contribution is 2.38. The van der Waals surface area contributed by atoms with Gasteiger partial charge in [-0.1, -0.05) is 19.4 Å². The number of hydrogen-bond acceptors (Lipinski definition) is 3. The Balaban J connectivity index is 1.70. The Morgan fingerprint density at radius 3 is 2.95 bits per heavy atom. The third-order valence-corrected chi connectivity index (χ3v) is 4.68. The maximum Gasteiger partial charge on any atom is 0.128 e. The van der Waals surface area contributed by atoms with E-state index < -0.39 is 0 Å². The molecule has 104 valence electrons. The first-order valence-corrected chi connectivity index (χ1v) is 7.81. The Kier molecular flexibility index (Phi) is 4.02. The molecule has 1 saturated carbocycles. The zero-order valence-electron chi connectivity index (χ0n) is 11.9. The Morgan fingerprint density at radius 2 is 2.16 bits per heavy atom. The maximum atomic E-state index is 4.70. The minimum atomic E-state index is 0.765. The average Bonchev–Trinajstić information content (AvgIpc) is 2.94. The fraction of sp³-hybridized carbons (Fsp3) is 0.688. The Morgan fingerprint density at radius 1 is 1.26 bits per heavy atom. The molecule has 2 unspecified atom stereocenters. The molecule has 1 saturated heterocycles. The normalized spacial score (nSPS) is 26.5. The van der Waals surface area contributed by atoms with E-state index in [2.05, 4.69) is 29.3 Å². The first-order valence-electron chi connectivity index (χ1n) is 7.81. The fourth-order valence-corrected chi connectivity index (χ4v) is 3.70. The van der Waals surface area contributed by atoms with Crippen molar-refractivity contribution in [2.45, 2.75) is 51.6 Å². The van der Waals surface area contributed by atoms with E-state index in [1.807, 2.05) is 6.20 Å². The van der Waals surface area contributed by atoms with Crippen LogP contribution in [0.25, 0.3) is 0 Å². The molecule has 2 fully saturated rings. The van der Waals surface area contributed by atoms with Gasteiger partial charge < -0.3 is 10.2 Å². The van der Waals surface area contributed by atoms with Crippen molar-refractivity contribution in [3.05, 3.63) is 23.9 Å². The van der Waals surface area contributed by atoms with Gasteiger partial charge in [-0.2, -0.15) is 0 Å². The standard InChI is InChI=1S/C16H25N3/c1-2-17-11-13-8-9-16(18-12-13)19-10-4-6-14-5-3-7-15(14)19/h8-9,12,14-15,17H,2-7,10-11H2,1H3. The topological polar surface area (TPSA) is 28.2 Å². The molecule has 1 aliphatic carbocycles. The summed E-state index contributed by atoms with van der Waals surface area (Å²) in [6.45, 7) is 5.27. The van der Waals surface area contributed by atoms with Gasteiger partial charge in [0.05, 0.1) is 0 Å². The van der Waals surface area contributed by atoms with Crippen LogP contribution in [0, 0.1) is 5.92 Å². The summed E-state index contributed by atoms with van der Waals surface area (Å²) < 4.78 is 0. The van der Waals surface area contributed by atoms with Gasteiger partial charge in [0.1, 0.15) is 5.82 Å². The van der Waals surface area contributed by atoms with E-state index in [0.29, 0.717) is 0 Å². The summed E-state index contributed by atoms with van der Waals surface area (Å²) in [4.78, 5) is 7.27. The Hall–Kier alpha value is -1.09. The van der Waals surface area contributed by atoms with E-state index in [1.165, 1.54) is 50.0 Å². The van der Waals surface area contributed by atoms with E-state index >= 15 is 0 Å². The molecule has 2 aliphatic rings. The molecule has 3 rings (SSSR count). The summed E-state index contributed by atoms with van der Waals surface area (Å²) in [7, 11) is 0. The number of aromatic nitrogens is 1. The van der Waals surface area contributed by atoms with Gasteiger partial charge in [0, 0.05) is 25.3 Å². The number of fused-ring (bicyclic) bond motifs is 1. The van der Waals surface area contributed by atoms with Crippen LogP contribution in [0.2, 0.25) is 0 Å². The van der Waals surface area contributed by atoms with E-state index in [0.717, 1.165) is 25.0 Å². The number of hydrogen-bond donors (Lipinski definition) is 1. The molecular weight excluding hydrogens is 234 g/mol. The van der Waals surface area contributed by atoms with Crippen molar-refractivity contribution in [1.29, 1.82) is 0 Å². The van der Waals surface area contributed by atoms with E-state index in [-0.39, 0.29) is 0 Å². The molecule has 2 heterocycles. The molecule has 0 amide bonds. The minimum Gasteiger partial charge on any atom is -0.353 e. The molecule has 0 bridgehead atoms. The second-order valence-electron chi connectivity index (χ2n) is 5.90. The van der Waals surface area contributed by atoms with Crippen LogP contribution in [0.15, 0.2) is 18.3 Å². The number of anilines is 1. The van der Waals surface area contributed by atoms with Crippen molar-refractivity contribution < 1.29 is 0 Å². The lowest BCUT2D eigenvalue weighted by Gasteiger charge is -2.38. The van der Waals surface area contributed by atoms with Crippen LogP contribution in [-0.4, -0.2) is 24.1 Å². The molecule has 0 spiro atoms. The summed E-state index contributed by atoms with van der Waals surface area (Å²) in [5, 5.41) is 3.35. The highest BCUT2D eigenvalue weighted by molar-refractivity contribution is 5.42. The molecule has 1 aliphatic heterocycles. The Labute approximate surface area is 116 Å². The number of nitrogens with zero attached hydrogens (tertiary/aromatic N) is 2. The van der Waals surface area contributed by atoms with Crippen molar-refractivity contribution in [3.63, 3.8) is 0 Å². The molecule has 0 aromatic carbocycles. The van der Waals surface area contributed by atoms with E-state index in [9.17, 15) is 0 Å². The van der Waals surface area contributed by atoms with Gasteiger partial charge in [0.25, 0.3) is 0 Å². The van der Waals surface area contributed by atoms with Crippen molar-refractivity contribution in [3.8, 4) is 0 Å². The third-order valence-electron chi connectivity index (χ3n) is 4.68. The lowest BCUT2D eigenvalue weighted by Crippen LogP contribution is -2.43. The van der Waals surface area contributed by atoms with Gasteiger partial charge in [-0.3, -0.25) is 0 Å². The highest BCUT2D eigenvalue weighted by atomic mass is 15.2. The SMILES string of the molecule is CCNCc1ccc(N2CCCC3CCCC32)nc1. The van der Waals surface area contributed by atoms with E-state index in [4.69, 9.17) is 4.98 Å². The van der Waals surface area contributed by atoms with Crippen molar-refractivity contribution in [1.82, 2.24) is 10.3 Å². The van der Waals surface area contributed by atoms with Crippen LogP contribution in [0.5, 0.6) is 0 Å². The minimum absolute atomic E-state index is 0.765. The van der Waals surface area contributed by atoms with Crippen molar-refractivity contribution >= 4 is 5.82 Å². The predicted octanol–water partition coefficient (Wildman–Crippen LogP) is 2.96. The molecule has 1 N–H and O–H groups in total. The van der Waals surface area contributed by atoms with Crippen LogP contribution < -0.4 is 10.2 Å². The lowest BCUT2D eigenvalue weighted by atomic mass is 9.92. The van der Waals surface area contributed by atoms with Gasteiger partial charge in [0.15, 0.2) is 0 Å². The number of piperidine rings is 1. The summed E-state index contributed by atoms with van der Waals surface area (Å²) in [5.41, 5.74) is 1.28. The summed E-state index contributed by atoms with van der Waals surface area (Å²) in [6, 6.07) is 5.21. The zero-order chi connectivity index (χ0) is 13.1. The molecule has 2 atom stereocenters. The molecule has 1 aromatic heterocycles.